The first-order valence-electron chi connectivity index (χ1n) is 11.1. The summed E-state index contributed by atoms with van der Waals surface area (Å²) in [4.78, 5) is 16.7. The summed E-state index contributed by atoms with van der Waals surface area (Å²) in [6.45, 7) is 5.24. The van der Waals surface area contributed by atoms with Crippen molar-refractivity contribution in [1.82, 2.24) is 0 Å². The van der Waals surface area contributed by atoms with Gasteiger partial charge in [-0.15, -0.1) is 11.3 Å². The SMILES string of the molecule is CCc1cc(-c2csc(C(C=C(N)C(F)(F)F)=Nc3ccccc3OC)c2)cc(C(C)(C)C(=O)O)c1. The molecule has 0 saturated heterocycles. The van der Waals surface area contributed by atoms with E-state index in [2.05, 4.69) is 4.99 Å². The van der Waals surface area contributed by atoms with Crippen LogP contribution in [0.25, 0.3) is 11.1 Å². The normalized spacial score (nSPS) is 13.1. The molecule has 0 aliphatic rings. The first-order chi connectivity index (χ1) is 16.9. The predicted molar refractivity (Wildman–Crippen MR) is 137 cm³/mol. The number of para-hydroxylation sites is 2. The molecule has 2 aromatic carbocycles. The highest BCUT2D eigenvalue weighted by Gasteiger charge is 2.32. The van der Waals surface area contributed by atoms with Crippen molar-refractivity contribution in [3.05, 3.63) is 81.7 Å². The lowest BCUT2D eigenvalue weighted by atomic mass is 9.82. The van der Waals surface area contributed by atoms with Crippen molar-refractivity contribution in [2.75, 3.05) is 7.11 Å². The Morgan fingerprint density at radius 1 is 1.14 bits per heavy atom. The zero-order valence-corrected chi connectivity index (χ0v) is 21.1. The number of alkyl halides is 3. The number of aryl methyl sites for hydroxylation is 1. The predicted octanol–water partition coefficient (Wildman–Crippen LogP) is 6.87. The standard InChI is InChI=1S/C27H27F3N2O3S/c1-5-16-10-17(12-19(11-16)26(2,3)25(33)34)18-13-23(36-15-18)21(14-24(31)27(28,29)30)32-20-8-6-7-9-22(20)35-4/h6-15H,5,31H2,1-4H3,(H,33,34). The van der Waals surface area contributed by atoms with Crippen molar-refractivity contribution in [2.45, 2.75) is 38.8 Å². The fraction of sp³-hybridized carbons (Fsp3) is 0.259. The smallest absolute Gasteiger partial charge is 0.430 e. The second kappa shape index (κ2) is 10.6. The molecule has 9 heteroatoms. The summed E-state index contributed by atoms with van der Waals surface area (Å²) in [5.74, 6) is -0.548. The largest absolute Gasteiger partial charge is 0.494 e. The summed E-state index contributed by atoms with van der Waals surface area (Å²) in [5, 5.41) is 11.5. The number of aliphatic carboxylic acids is 1. The van der Waals surface area contributed by atoms with E-state index in [0.29, 0.717) is 28.3 Å². The topological polar surface area (TPSA) is 84.9 Å². The molecular formula is C27H27F3N2O3S. The van der Waals surface area contributed by atoms with Crippen LogP contribution < -0.4 is 10.5 Å². The van der Waals surface area contributed by atoms with Crippen LogP contribution in [-0.4, -0.2) is 30.1 Å². The zero-order chi connectivity index (χ0) is 26.7. The van der Waals surface area contributed by atoms with Crippen LogP contribution >= 0.6 is 11.3 Å². The van der Waals surface area contributed by atoms with Gasteiger partial charge in [0.25, 0.3) is 0 Å². The molecule has 3 aromatic rings. The molecule has 0 atom stereocenters. The maximum absolute atomic E-state index is 13.3. The number of methoxy groups -OCH3 is 1. The van der Waals surface area contributed by atoms with Gasteiger partial charge < -0.3 is 15.6 Å². The lowest BCUT2D eigenvalue weighted by Gasteiger charge is -2.21. The number of halogens is 3. The van der Waals surface area contributed by atoms with E-state index in [0.717, 1.165) is 22.8 Å². The molecule has 5 nitrogen and oxygen atoms in total. The molecule has 36 heavy (non-hydrogen) atoms. The number of allylic oxidation sites excluding steroid dienone is 2. The molecule has 3 N–H and O–H groups in total. The number of ether oxygens (including phenoxy) is 1. The highest BCUT2D eigenvalue weighted by atomic mass is 32.1. The van der Waals surface area contributed by atoms with Crippen LogP contribution in [0.4, 0.5) is 18.9 Å². The summed E-state index contributed by atoms with van der Waals surface area (Å²) < 4.78 is 45.1. The Bertz CT molecular complexity index is 1320. The Morgan fingerprint density at radius 3 is 2.44 bits per heavy atom. The van der Waals surface area contributed by atoms with E-state index in [4.69, 9.17) is 10.5 Å². The molecule has 0 saturated carbocycles. The summed E-state index contributed by atoms with van der Waals surface area (Å²) in [7, 11) is 1.45. The van der Waals surface area contributed by atoms with E-state index in [1.54, 1.807) is 55.6 Å². The van der Waals surface area contributed by atoms with Crippen LogP contribution in [0.1, 0.15) is 36.8 Å². The third kappa shape index (κ3) is 5.96. The molecule has 0 bridgehead atoms. The van der Waals surface area contributed by atoms with Gasteiger partial charge in [0.1, 0.15) is 17.1 Å². The van der Waals surface area contributed by atoms with Gasteiger partial charge in [-0.3, -0.25) is 4.79 Å². The molecule has 0 aliphatic heterocycles. The van der Waals surface area contributed by atoms with Gasteiger partial charge in [0.05, 0.1) is 23.1 Å². The molecule has 0 unspecified atom stereocenters. The number of carboxylic acid groups (broad SMARTS) is 1. The van der Waals surface area contributed by atoms with Crippen molar-refractivity contribution in [1.29, 1.82) is 0 Å². The fourth-order valence-corrected chi connectivity index (χ4v) is 4.29. The number of hydrogen-bond donors (Lipinski definition) is 2. The maximum atomic E-state index is 13.3. The zero-order valence-electron chi connectivity index (χ0n) is 20.3. The number of carbonyl (C=O) groups is 1. The lowest BCUT2D eigenvalue weighted by molar-refractivity contribution is -0.142. The number of benzene rings is 2. The minimum absolute atomic E-state index is 0.0308. The van der Waals surface area contributed by atoms with Gasteiger partial charge in [-0.05, 0) is 78.2 Å². The van der Waals surface area contributed by atoms with Gasteiger partial charge in [-0.25, -0.2) is 4.99 Å². The van der Waals surface area contributed by atoms with Crippen molar-refractivity contribution < 1.29 is 27.8 Å². The average Bonchev–Trinajstić information content (AvgIpc) is 3.33. The van der Waals surface area contributed by atoms with Crippen molar-refractivity contribution in [2.24, 2.45) is 10.7 Å². The number of nitrogens with zero attached hydrogens (tertiary/aromatic N) is 1. The summed E-state index contributed by atoms with van der Waals surface area (Å²) in [5.41, 5.74) is 6.44. The Hall–Kier alpha value is -3.59. The van der Waals surface area contributed by atoms with Crippen LogP contribution in [-0.2, 0) is 16.6 Å². The highest BCUT2D eigenvalue weighted by Crippen LogP contribution is 2.34. The van der Waals surface area contributed by atoms with Crippen molar-refractivity contribution in [3.63, 3.8) is 0 Å². The third-order valence-corrected chi connectivity index (χ3v) is 6.74. The lowest BCUT2D eigenvalue weighted by Crippen LogP contribution is -2.28. The molecule has 190 valence electrons. The number of aliphatic imine (C=N–C) groups is 1. The number of nitrogens with two attached hydrogens (primary N) is 1. The van der Waals surface area contributed by atoms with E-state index in [9.17, 15) is 23.1 Å². The van der Waals surface area contributed by atoms with Crippen molar-refractivity contribution in [3.8, 4) is 16.9 Å². The third-order valence-electron chi connectivity index (χ3n) is 5.79. The second-order valence-electron chi connectivity index (χ2n) is 8.67. The van der Waals surface area contributed by atoms with E-state index < -0.39 is 23.3 Å². The Kier molecular flexibility index (Phi) is 7.93. The summed E-state index contributed by atoms with van der Waals surface area (Å²) in [6, 6.07) is 14.1. The number of carboxylic acids is 1. The van der Waals surface area contributed by atoms with Crippen LogP contribution in [0.5, 0.6) is 5.75 Å². The van der Waals surface area contributed by atoms with Gasteiger partial charge in [-0.1, -0.05) is 31.2 Å². The molecule has 1 heterocycles. The minimum atomic E-state index is -4.71. The Morgan fingerprint density at radius 2 is 1.83 bits per heavy atom. The van der Waals surface area contributed by atoms with Gasteiger partial charge in [0, 0.05) is 0 Å². The number of thiophene rings is 1. The van der Waals surface area contributed by atoms with E-state index in [1.165, 1.54) is 18.4 Å². The maximum Gasteiger partial charge on any atom is 0.430 e. The van der Waals surface area contributed by atoms with Crippen LogP contribution in [0.2, 0.25) is 0 Å². The number of rotatable bonds is 8. The molecular weight excluding hydrogens is 489 g/mol. The molecule has 0 amide bonds. The van der Waals surface area contributed by atoms with Crippen molar-refractivity contribution >= 4 is 28.7 Å². The Balaban J connectivity index is 2.16. The Labute approximate surface area is 211 Å². The van der Waals surface area contributed by atoms with E-state index >= 15 is 0 Å². The number of hydrogen-bond acceptors (Lipinski definition) is 5. The molecule has 1 aromatic heterocycles. The molecule has 0 aliphatic carbocycles. The molecule has 0 spiro atoms. The minimum Gasteiger partial charge on any atom is -0.494 e. The van der Waals surface area contributed by atoms with Gasteiger partial charge in [-0.2, -0.15) is 13.2 Å². The van der Waals surface area contributed by atoms with Gasteiger partial charge in [0.15, 0.2) is 0 Å². The molecule has 3 rings (SSSR count). The van der Waals surface area contributed by atoms with Gasteiger partial charge >= 0.3 is 12.1 Å². The summed E-state index contributed by atoms with van der Waals surface area (Å²) in [6.07, 6.45) is -3.21. The molecule has 0 fully saturated rings. The summed E-state index contributed by atoms with van der Waals surface area (Å²) >= 11 is 1.22. The van der Waals surface area contributed by atoms with Gasteiger partial charge in [0.2, 0.25) is 0 Å². The van der Waals surface area contributed by atoms with Crippen LogP contribution in [0.15, 0.2) is 70.7 Å². The second-order valence-corrected chi connectivity index (χ2v) is 9.58. The van der Waals surface area contributed by atoms with E-state index in [1.807, 2.05) is 19.1 Å². The van der Waals surface area contributed by atoms with E-state index in [-0.39, 0.29) is 5.71 Å². The van der Waals surface area contributed by atoms with Crippen LogP contribution in [0.3, 0.4) is 0 Å². The highest BCUT2D eigenvalue weighted by molar-refractivity contribution is 7.12. The van der Waals surface area contributed by atoms with Crippen LogP contribution in [0, 0.1) is 0 Å². The fourth-order valence-electron chi connectivity index (χ4n) is 3.41. The first kappa shape index (κ1) is 27.0. The monoisotopic (exact) mass is 516 g/mol. The average molecular weight is 517 g/mol. The molecule has 0 radical (unpaired) electrons. The quantitative estimate of drug-likeness (QED) is 0.320. The first-order valence-corrected chi connectivity index (χ1v) is 12.0.